The molecule has 0 fully saturated rings. The molecule has 2 aromatic carbocycles. The third-order valence-corrected chi connectivity index (χ3v) is 5.16. The average molecular weight is 390 g/mol. The van der Waals surface area contributed by atoms with Gasteiger partial charge in [-0.1, -0.05) is 30.3 Å². The van der Waals surface area contributed by atoms with E-state index < -0.39 is 25.6 Å². The van der Waals surface area contributed by atoms with Crippen LogP contribution in [-0.2, 0) is 0 Å². The number of aromatic nitrogens is 1. The number of aryl methyl sites for hydroxylation is 1. The molecule has 0 N–H and O–H groups in total. The second kappa shape index (κ2) is 7.88. The minimum Gasteiger partial charge on any atom is -0.343 e. The number of allylic oxidation sites excluding steroid dienone is 1. The fraction of sp³-hybridized carbons (Fsp3) is 0.217. The number of alkyl halides is 2. The Bertz CT molecular complexity index is 1120. The van der Waals surface area contributed by atoms with Gasteiger partial charge in [-0.25, -0.2) is 8.78 Å². The minimum absolute atomic E-state index is 0.461. The summed E-state index contributed by atoms with van der Waals surface area (Å²) in [5, 5.41) is 10.8. The molecule has 3 aromatic rings. The van der Waals surface area contributed by atoms with Crippen molar-refractivity contribution in [3.63, 3.8) is 0 Å². The molecular weight excluding hydrogens is 370 g/mol. The molecule has 1 unspecified atom stereocenters. The molecule has 0 spiro atoms. The van der Waals surface area contributed by atoms with Gasteiger partial charge in [0.25, 0.3) is 0 Å². The fourth-order valence-electron chi connectivity index (χ4n) is 3.80. The highest BCUT2D eigenvalue weighted by Gasteiger charge is 2.32. The number of fused-ring (bicyclic) bond motifs is 1. The normalized spacial score (nSPS) is 16.0. The summed E-state index contributed by atoms with van der Waals surface area (Å²) in [5.41, 5.74) is 3.85. The number of hydrogen-bond acceptors (Lipinski definition) is 3. The monoisotopic (exact) mass is 390 g/mol. The highest BCUT2D eigenvalue weighted by Crippen LogP contribution is 2.38. The number of nitrogens with zero attached hydrogens (tertiary/aromatic N) is 4. The number of hydrogen-bond donors (Lipinski definition) is 0. The lowest BCUT2D eigenvalue weighted by Crippen LogP contribution is -2.39. The predicted octanol–water partition coefficient (Wildman–Crippen LogP) is 5.02. The molecule has 0 amide bonds. The van der Waals surface area contributed by atoms with E-state index in [2.05, 4.69) is 11.1 Å². The van der Waals surface area contributed by atoms with Gasteiger partial charge in [0.1, 0.15) is 19.4 Å². The van der Waals surface area contributed by atoms with Gasteiger partial charge in [-0.15, -0.1) is 0 Å². The summed E-state index contributed by atoms with van der Waals surface area (Å²) in [5.74, 6) is 0. The number of rotatable bonds is 5. The molecule has 0 saturated carbocycles. The summed E-state index contributed by atoms with van der Waals surface area (Å²) in [7, 11) is 0. The molecule has 4 rings (SSSR count). The molecule has 6 heteroatoms. The minimum atomic E-state index is -0.968. The molecule has 1 aromatic heterocycles. The van der Waals surface area contributed by atoms with Crippen molar-refractivity contribution in [2.24, 2.45) is 4.99 Å². The lowest BCUT2D eigenvalue weighted by atomic mass is 10.1. The Labute approximate surface area is 168 Å². The summed E-state index contributed by atoms with van der Waals surface area (Å²) in [6.07, 6.45) is 4.19. The van der Waals surface area contributed by atoms with Gasteiger partial charge in [0, 0.05) is 23.5 Å². The summed E-state index contributed by atoms with van der Waals surface area (Å²) < 4.78 is 29.1. The molecule has 4 nitrogen and oxygen atoms in total. The number of halogens is 2. The molecule has 29 heavy (non-hydrogen) atoms. The van der Waals surface area contributed by atoms with Crippen LogP contribution < -0.4 is 0 Å². The Hall–Kier alpha value is -3.46. The van der Waals surface area contributed by atoms with E-state index in [1.165, 1.54) is 0 Å². The first-order valence-electron chi connectivity index (χ1n) is 9.39. The third kappa shape index (κ3) is 3.19. The van der Waals surface area contributed by atoms with E-state index in [4.69, 9.17) is 0 Å². The predicted molar refractivity (Wildman–Crippen MR) is 111 cm³/mol. The van der Waals surface area contributed by atoms with Gasteiger partial charge >= 0.3 is 0 Å². The molecular formula is C23H20F2N4. The van der Waals surface area contributed by atoms with Crippen molar-refractivity contribution in [2.75, 3.05) is 13.3 Å². The van der Waals surface area contributed by atoms with Gasteiger partial charge in [0.15, 0.2) is 6.17 Å². The van der Waals surface area contributed by atoms with Crippen molar-refractivity contribution in [1.82, 2.24) is 9.47 Å². The lowest BCUT2D eigenvalue weighted by Gasteiger charge is -2.34. The average Bonchev–Trinajstić information content (AvgIpc) is 3.08. The van der Waals surface area contributed by atoms with Gasteiger partial charge in [0.05, 0.1) is 22.8 Å². The van der Waals surface area contributed by atoms with Gasteiger partial charge in [-0.3, -0.25) is 4.99 Å². The van der Waals surface area contributed by atoms with Crippen LogP contribution in [0.3, 0.4) is 0 Å². The second-order valence-electron chi connectivity index (χ2n) is 6.99. The topological polar surface area (TPSA) is 44.3 Å². The van der Waals surface area contributed by atoms with Crippen LogP contribution >= 0.6 is 0 Å². The van der Waals surface area contributed by atoms with E-state index >= 15 is 0 Å². The van der Waals surface area contributed by atoms with Crippen LogP contribution in [0.25, 0.3) is 16.6 Å². The molecule has 0 bridgehead atoms. The first-order chi connectivity index (χ1) is 14.2. The molecule has 146 valence electrons. The molecule has 0 radical (unpaired) electrons. The largest absolute Gasteiger partial charge is 0.343 e. The zero-order valence-electron chi connectivity index (χ0n) is 16.0. The maximum atomic E-state index is 13.6. The second-order valence-corrected chi connectivity index (χ2v) is 6.99. The van der Waals surface area contributed by atoms with Crippen molar-refractivity contribution in [1.29, 1.82) is 5.26 Å². The van der Waals surface area contributed by atoms with E-state index in [0.717, 1.165) is 22.2 Å². The van der Waals surface area contributed by atoms with Crippen LogP contribution in [-0.4, -0.2) is 35.1 Å². The highest BCUT2D eigenvalue weighted by molar-refractivity contribution is 5.90. The Morgan fingerprint density at radius 1 is 1.14 bits per heavy atom. The number of benzene rings is 2. The first kappa shape index (κ1) is 18.9. The molecule has 0 aliphatic carbocycles. The van der Waals surface area contributed by atoms with Crippen LogP contribution in [0.5, 0.6) is 0 Å². The third-order valence-electron chi connectivity index (χ3n) is 5.16. The van der Waals surface area contributed by atoms with Crippen molar-refractivity contribution < 1.29 is 8.78 Å². The summed E-state index contributed by atoms with van der Waals surface area (Å²) in [6.45, 7) is 0.294. The molecule has 1 aliphatic rings. The first-order valence-corrected chi connectivity index (χ1v) is 9.39. The fourth-order valence-corrected chi connectivity index (χ4v) is 3.80. The van der Waals surface area contributed by atoms with E-state index in [9.17, 15) is 14.0 Å². The maximum absolute atomic E-state index is 13.6. The standard InChI is InChI=1S/C23H20F2N4/c1-16-8-9-19-20(15-26)22(23-27-10-5-11-28(23)18(13-24)14-25)29(21(19)12-16)17-6-3-2-4-7-17/h2-12,18,23H,13-14H2,1H3. The molecule has 2 heterocycles. The smallest absolute Gasteiger partial charge is 0.163 e. The van der Waals surface area contributed by atoms with E-state index in [1.54, 1.807) is 23.4 Å². The highest BCUT2D eigenvalue weighted by atomic mass is 19.1. The molecule has 1 aliphatic heterocycles. The van der Waals surface area contributed by atoms with Crippen LogP contribution in [0.15, 0.2) is 65.8 Å². The van der Waals surface area contributed by atoms with E-state index in [-0.39, 0.29) is 0 Å². The van der Waals surface area contributed by atoms with E-state index in [1.807, 2.05) is 60.0 Å². The van der Waals surface area contributed by atoms with E-state index in [0.29, 0.717) is 11.3 Å². The van der Waals surface area contributed by atoms with Gasteiger partial charge < -0.3 is 9.47 Å². The van der Waals surface area contributed by atoms with Crippen molar-refractivity contribution in [3.8, 4) is 11.8 Å². The Morgan fingerprint density at radius 2 is 1.90 bits per heavy atom. The molecule has 0 saturated heterocycles. The van der Waals surface area contributed by atoms with Crippen LogP contribution in [0.1, 0.15) is 23.0 Å². The SMILES string of the molecule is Cc1ccc2c(C#N)c(C3N=CC=CN3C(CF)CF)n(-c3ccccc3)c2c1. The Balaban J connectivity index is 2.04. The van der Waals surface area contributed by atoms with Crippen molar-refractivity contribution in [2.45, 2.75) is 19.1 Å². The van der Waals surface area contributed by atoms with Crippen LogP contribution in [0.4, 0.5) is 8.78 Å². The summed E-state index contributed by atoms with van der Waals surface area (Å²) >= 11 is 0. The Kier molecular flexibility index (Phi) is 5.13. The lowest BCUT2D eigenvalue weighted by molar-refractivity contribution is 0.144. The van der Waals surface area contributed by atoms with Crippen molar-refractivity contribution >= 4 is 17.1 Å². The summed E-state index contributed by atoms with van der Waals surface area (Å²) in [4.78, 5) is 6.08. The van der Waals surface area contributed by atoms with Crippen LogP contribution in [0.2, 0.25) is 0 Å². The molecule has 1 atom stereocenters. The quantitative estimate of drug-likeness (QED) is 0.614. The number of nitriles is 1. The number of aliphatic imine (C=N–C) groups is 1. The van der Waals surface area contributed by atoms with Crippen LogP contribution in [0, 0.1) is 18.3 Å². The van der Waals surface area contributed by atoms with Gasteiger partial charge in [-0.05, 0) is 36.8 Å². The van der Waals surface area contributed by atoms with Gasteiger partial charge in [0.2, 0.25) is 0 Å². The van der Waals surface area contributed by atoms with Crippen molar-refractivity contribution in [3.05, 3.63) is 77.6 Å². The summed E-state index contributed by atoms with van der Waals surface area (Å²) in [6, 6.07) is 16.9. The Morgan fingerprint density at radius 3 is 2.59 bits per heavy atom. The zero-order valence-corrected chi connectivity index (χ0v) is 16.0. The zero-order chi connectivity index (χ0) is 20.4. The number of para-hydroxylation sites is 1. The maximum Gasteiger partial charge on any atom is 0.163 e. The van der Waals surface area contributed by atoms with Gasteiger partial charge in [-0.2, -0.15) is 5.26 Å².